The Hall–Kier alpha value is -16.0. The highest BCUT2D eigenvalue weighted by molar-refractivity contribution is 6.14. The fraction of sp³-hybridized carbons (Fsp3) is 0.0247. The lowest BCUT2D eigenvalue weighted by Crippen LogP contribution is -2.12. The van der Waals surface area contributed by atoms with Gasteiger partial charge in [0, 0.05) is 55.0 Å². The predicted octanol–water partition coefficient (Wildman–Crippen LogP) is 18.3. The quantitative estimate of drug-likeness (QED) is 0.128. The molecule has 13 rings (SSSR count). The van der Waals surface area contributed by atoms with Crippen molar-refractivity contribution in [3.8, 4) is 157 Å². The first kappa shape index (κ1) is 64.7. The van der Waals surface area contributed by atoms with Crippen molar-refractivity contribution in [1.29, 1.82) is 68.4 Å². The average molecular weight is 1330 g/mol. The molecule has 0 radical (unpaired) electrons. The summed E-state index contributed by atoms with van der Waals surface area (Å²) in [7, 11) is 0. The lowest BCUT2D eigenvalue weighted by molar-refractivity contribution is -0.142. The van der Waals surface area contributed by atoms with Crippen LogP contribution in [0.3, 0.4) is 0 Å². The van der Waals surface area contributed by atoms with Gasteiger partial charge < -0.3 is 9.13 Å². The zero-order valence-electron chi connectivity index (χ0n) is 51.7. The van der Waals surface area contributed by atoms with Gasteiger partial charge >= 0.3 is 12.4 Å². The molecule has 470 valence electrons. The number of fused-ring (bicyclic) bond motifs is 6. The van der Waals surface area contributed by atoms with Gasteiger partial charge in [-0.3, -0.25) is 0 Å². The molecule has 0 fully saturated rings. The Morgan fingerprint density at radius 3 is 0.873 bits per heavy atom. The molecular formula is C81H29F6N15. The molecule has 0 aliphatic rings. The first-order chi connectivity index (χ1) is 49.2. The van der Waals surface area contributed by atoms with Crippen LogP contribution in [-0.4, -0.2) is 9.13 Å². The number of hydrogen-bond donors (Lipinski definition) is 0. The van der Waals surface area contributed by atoms with E-state index < -0.39 is 29.0 Å². The van der Waals surface area contributed by atoms with Gasteiger partial charge in [-0.15, -0.1) is 0 Å². The molecule has 0 saturated heterocycles. The van der Waals surface area contributed by atoms with E-state index in [4.69, 9.17) is 0 Å². The zero-order valence-corrected chi connectivity index (χ0v) is 51.7. The van der Waals surface area contributed by atoms with E-state index in [0.717, 1.165) is 0 Å². The fourth-order valence-electron chi connectivity index (χ4n) is 13.3. The summed E-state index contributed by atoms with van der Waals surface area (Å²) in [4.78, 5) is 0. The Morgan fingerprint density at radius 1 is 0.245 bits per heavy atom. The van der Waals surface area contributed by atoms with Crippen LogP contribution < -0.4 is 0 Å². The smallest absolute Gasteiger partial charge is 0.309 e. The van der Waals surface area contributed by atoms with E-state index >= 15 is 13.2 Å². The van der Waals surface area contributed by atoms with Crippen LogP contribution in [0.15, 0.2) is 176 Å². The minimum atomic E-state index is -5.44. The summed E-state index contributed by atoms with van der Waals surface area (Å²) in [5, 5.41) is 136. The van der Waals surface area contributed by atoms with Gasteiger partial charge in [0.15, 0.2) is 0 Å². The standard InChI is InChI=1S/C81H29F6N15/c82-80(83,84)60-6-8-63(70(28-60)81(85,86)87)62-9-7-61(101-71-11-2-48(76-52(35-93)15-44(31-89)16-53(76)36-94)24-66(71)67-25-49(3-12-72(67)101)77-54(37-95)17-45(32-90)18-55(77)38-96)29-64(62)65-23-43(30-88)1-10-73(65)102-74-13-4-50(78-56(39-97)19-46(33-91)20-57(78)40-98)26-68(74)69-27-51(5-14-75(69)102)79-58(41-99)21-47(34-92)22-59(79)42-100/h1-29H. The highest BCUT2D eigenvalue weighted by atomic mass is 19.4. The van der Waals surface area contributed by atoms with Crippen LogP contribution in [0, 0.1) is 147 Å². The zero-order chi connectivity index (χ0) is 72.2. The number of benzene rings is 11. The van der Waals surface area contributed by atoms with Gasteiger partial charge in [-0.2, -0.15) is 94.7 Å². The second-order valence-corrected chi connectivity index (χ2v) is 23.1. The van der Waals surface area contributed by atoms with E-state index in [9.17, 15) is 81.6 Å². The fourth-order valence-corrected chi connectivity index (χ4v) is 13.3. The molecule has 0 unspecified atom stereocenters. The lowest BCUT2D eigenvalue weighted by atomic mass is 9.88. The summed E-state index contributed by atoms with van der Waals surface area (Å²) >= 11 is 0. The molecule has 2 heterocycles. The molecule has 0 spiro atoms. The van der Waals surface area contributed by atoms with Crippen molar-refractivity contribution in [3.63, 3.8) is 0 Å². The third-order valence-corrected chi connectivity index (χ3v) is 17.6. The van der Waals surface area contributed by atoms with E-state index in [1.54, 1.807) is 81.9 Å². The van der Waals surface area contributed by atoms with Crippen molar-refractivity contribution in [1.82, 2.24) is 9.13 Å². The summed E-state index contributed by atoms with van der Waals surface area (Å²) < 4.78 is 94.6. The van der Waals surface area contributed by atoms with Crippen molar-refractivity contribution in [2.45, 2.75) is 12.4 Å². The van der Waals surface area contributed by atoms with Crippen molar-refractivity contribution < 1.29 is 26.3 Å². The SMILES string of the molecule is N#Cc1cc(C#N)c(-c2ccc3c(c2)c2cc(-c4c(C#N)cc(C#N)cc4C#N)ccc2n3-c2ccc(-c3ccc(C(F)(F)F)cc3C(F)(F)F)c(-c3cc(C#N)ccc3-n3c4ccc(-c5c(C#N)cc(C#N)cc5C#N)cc4c4cc(-c5c(C#N)cc(C#N)cc5C#N)ccc43)c2)c(C#N)c1. The third kappa shape index (κ3) is 10.7. The van der Waals surface area contributed by atoms with Gasteiger partial charge in [-0.05, 0) is 178 Å². The van der Waals surface area contributed by atoms with Crippen molar-refractivity contribution in [3.05, 3.63) is 259 Å². The molecule has 0 bridgehead atoms. The van der Waals surface area contributed by atoms with Crippen LogP contribution in [0.2, 0.25) is 0 Å². The molecule has 21 heteroatoms. The molecule has 2 aromatic heterocycles. The van der Waals surface area contributed by atoms with Crippen LogP contribution in [0.25, 0.3) is 122 Å². The van der Waals surface area contributed by atoms with E-state index in [2.05, 4.69) is 54.6 Å². The summed E-state index contributed by atoms with van der Waals surface area (Å²) in [6, 6.07) is 66.3. The van der Waals surface area contributed by atoms with Gasteiger partial charge in [0.2, 0.25) is 0 Å². The van der Waals surface area contributed by atoms with Crippen LogP contribution in [0.5, 0.6) is 0 Å². The summed E-state index contributed by atoms with van der Waals surface area (Å²) in [6.45, 7) is 0. The number of aromatic nitrogens is 2. The Kier molecular flexibility index (Phi) is 15.8. The molecule has 0 aliphatic carbocycles. The number of hydrogen-bond acceptors (Lipinski definition) is 13. The summed E-state index contributed by atoms with van der Waals surface area (Å²) in [6.07, 6.45) is -10.7. The predicted molar refractivity (Wildman–Crippen MR) is 359 cm³/mol. The molecule has 0 amide bonds. The van der Waals surface area contributed by atoms with Crippen molar-refractivity contribution in [2.24, 2.45) is 0 Å². The second kappa shape index (κ2) is 24.9. The molecule has 0 atom stereocenters. The van der Waals surface area contributed by atoms with Gasteiger partial charge in [-0.25, -0.2) is 0 Å². The molecule has 11 aromatic carbocycles. The van der Waals surface area contributed by atoms with Crippen LogP contribution in [-0.2, 0) is 12.4 Å². The Balaban J connectivity index is 1.16. The van der Waals surface area contributed by atoms with Crippen molar-refractivity contribution >= 4 is 43.6 Å². The maximum atomic E-state index is 15.8. The molecule has 13 aromatic rings. The highest BCUT2D eigenvalue weighted by Crippen LogP contribution is 2.49. The summed E-state index contributed by atoms with van der Waals surface area (Å²) in [5.74, 6) is 0. The maximum Gasteiger partial charge on any atom is 0.417 e. The van der Waals surface area contributed by atoms with Crippen LogP contribution in [0.4, 0.5) is 26.3 Å². The largest absolute Gasteiger partial charge is 0.417 e. The minimum absolute atomic E-state index is 0.00311. The van der Waals surface area contributed by atoms with Gasteiger partial charge in [0.1, 0.15) is 0 Å². The number of rotatable bonds is 8. The molecule has 0 aliphatic heterocycles. The molecular weight excluding hydrogens is 1300 g/mol. The number of nitrogens with zero attached hydrogens (tertiary/aromatic N) is 15. The number of halogens is 6. The molecule has 0 N–H and O–H groups in total. The van der Waals surface area contributed by atoms with Crippen LogP contribution >= 0.6 is 0 Å². The second-order valence-electron chi connectivity index (χ2n) is 23.1. The lowest BCUT2D eigenvalue weighted by Gasteiger charge is -2.22. The highest BCUT2D eigenvalue weighted by Gasteiger charge is 2.39. The normalized spacial score (nSPS) is 10.9. The van der Waals surface area contributed by atoms with Gasteiger partial charge in [0.05, 0.1) is 190 Å². The topological polar surface area (TPSA) is 319 Å². The molecule has 102 heavy (non-hydrogen) atoms. The maximum absolute atomic E-state index is 15.8. The van der Waals surface area contributed by atoms with E-state index in [-0.39, 0.29) is 129 Å². The van der Waals surface area contributed by atoms with E-state index in [0.29, 0.717) is 78.0 Å². The number of nitriles is 13. The van der Waals surface area contributed by atoms with E-state index in [1.165, 1.54) is 84.9 Å². The van der Waals surface area contributed by atoms with Crippen LogP contribution in [0.1, 0.15) is 83.5 Å². The summed E-state index contributed by atoms with van der Waals surface area (Å²) in [5.41, 5.74) is -1.26. The average Bonchev–Trinajstić information content (AvgIpc) is 1.60. The molecule has 0 saturated carbocycles. The number of alkyl halides is 6. The Labute approximate surface area is 573 Å². The third-order valence-electron chi connectivity index (χ3n) is 17.6. The Morgan fingerprint density at radius 2 is 0.569 bits per heavy atom. The monoisotopic (exact) mass is 1330 g/mol. The first-order valence-corrected chi connectivity index (χ1v) is 29.9. The van der Waals surface area contributed by atoms with Crippen molar-refractivity contribution in [2.75, 3.05) is 0 Å². The van der Waals surface area contributed by atoms with Gasteiger partial charge in [0.25, 0.3) is 0 Å². The van der Waals surface area contributed by atoms with Gasteiger partial charge in [-0.1, -0.05) is 36.4 Å². The minimum Gasteiger partial charge on any atom is -0.309 e. The Bertz CT molecular complexity index is 6170. The van der Waals surface area contributed by atoms with E-state index in [1.807, 2.05) is 24.3 Å². The first-order valence-electron chi connectivity index (χ1n) is 29.9. The molecule has 15 nitrogen and oxygen atoms in total.